The number of imidazole rings is 1. The van der Waals surface area contributed by atoms with E-state index in [-0.39, 0.29) is 0 Å². The Labute approximate surface area is 88.2 Å². The summed E-state index contributed by atoms with van der Waals surface area (Å²) in [5.41, 5.74) is 0. The highest BCUT2D eigenvalue weighted by Crippen LogP contribution is 2.13. The molecule has 2 rings (SSSR count). The second-order valence-corrected chi connectivity index (χ2v) is 3.78. The quantitative estimate of drug-likeness (QED) is 0.767. The van der Waals surface area contributed by atoms with Gasteiger partial charge < -0.3 is 8.98 Å². The van der Waals surface area contributed by atoms with Crippen molar-refractivity contribution >= 4 is 0 Å². The molecule has 0 amide bonds. The monoisotopic (exact) mass is 206 g/mol. The Morgan fingerprint density at radius 3 is 2.80 bits per heavy atom. The molecule has 2 aromatic heterocycles. The summed E-state index contributed by atoms with van der Waals surface area (Å²) >= 11 is 0. The van der Waals surface area contributed by atoms with Gasteiger partial charge in [-0.3, -0.25) is 0 Å². The molecule has 0 radical (unpaired) electrons. The predicted molar refractivity (Wildman–Crippen MR) is 54.5 cm³/mol. The molecular weight excluding hydrogens is 192 g/mol. The first-order chi connectivity index (χ1) is 7.16. The van der Waals surface area contributed by atoms with Crippen molar-refractivity contribution in [2.75, 3.05) is 0 Å². The lowest BCUT2D eigenvalue weighted by Gasteiger charge is -2.07. The fourth-order valence-corrected chi connectivity index (χ4v) is 1.50. The van der Waals surface area contributed by atoms with Crippen LogP contribution in [0.5, 0.6) is 0 Å². The lowest BCUT2D eigenvalue weighted by molar-refractivity contribution is 0.449. The summed E-state index contributed by atoms with van der Waals surface area (Å²) in [7, 11) is 0. The highest BCUT2D eigenvalue weighted by Gasteiger charge is 2.10. The van der Waals surface area contributed by atoms with E-state index >= 15 is 0 Å². The zero-order valence-corrected chi connectivity index (χ0v) is 9.14. The van der Waals surface area contributed by atoms with E-state index in [1.54, 1.807) is 13.1 Å². The minimum atomic E-state index is 0.393. The Bertz CT molecular complexity index is 444. The van der Waals surface area contributed by atoms with Crippen molar-refractivity contribution in [1.29, 1.82) is 0 Å². The molecule has 0 aliphatic carbocycles. The van der Waals surface area contributed by atoms with Crippen molar-refractivity contribution in [3.63, 3.8) is 0 Å². The Morgan fingerprint density at radius 2 is 2.20 bits per heavy atom. The van der Waals surface area contributed by atoms with Gasteiger partial charge in [-0.05, 0) is 0 Å². The summed E-state index contributed by atoms with van der Waals surface area (Å²) in [5, 5.41) is 7.75. The topological polar surface area (TPSA) is 56.7 Å². The first-order valence-corrected chi connectivity index (χ1v) is 4.97. The molecule has 0 saturated heterocycles. The van der Waals surface area contributed by atoms with Gasteiger partial charge in [0.15, 0.2) is 0 Å². The number of rotatable bonds is 3. The molecule has 0 bridgehead atoms. The maximum absolute atomic E-state index is 5.32. The Morgan fingerprint density at radius 1 is 1.40 bits per heavy atom. The fourth-order valence-electron chi connectivity index (χ4n) is 1.50. The maximum Gasteiger partial charge on any atom is 0.236 e. The van der Waals surface area contributed by atoms with Gasteiger partial charge in [-0.2, -0.15) is 0 Å². The maximum atomic E-state index is 5.32. The highest BCUT2D eigenvalue weighted by molar-refractivity contribution is 4.99. The van der Waals surface area contributed by atoms with Crippen LogP contribution in [0, 0.1) is 6.92 Å². The van der Waals surface area contributed by atoms with Crippen molar-refractivity contribution in [3.05, 3.63) is 30.0 Å². The molecule has 0 spiro atoms. The molecule has 0 aliphatic rings. The Hall–Kier alpha value is -1.65. The molecule has 2 heterocycles. The van der Waals surface area contributed by atoms with E-state index in [1.165, 1.54) is 0 Å². The van der Waals surface area contributed by atoms with Crippen molar-refractivity contribution in [1.82, 2.24) is 19.7 Å². The summed E-state index contributed by atoms with van der Waals surface area (Å²) in [6.07, 6.45) is 3.72. The standard InChI is InChI=1S/C10H14N4O/c1-7(2)10-11-4-5-14(10)6-9-13-12-8(3)15-9/h4-5,7H,6H2,1-3H3. The van der Waals surface area contributed by atoms with Gasteiger partial charge in [0.1, 0.15) is 12.4 Å². The first-order valence-electron chi connectivity index (χ1n) is 4.97. The van der Waals surface area contributed by atoms with Crippen LogP contribution >= 0.6 is 0 Å². The van der Waals surface area contributed by atoms with Crippen molar-refractivity contribution in [2.24, 2.45) is 0 Å². The van der Waals surface area contributed by atoms with Crippen molar-refractivity contribution in [3.8, 4) is 0 Å². The van der Waals surface area contributed by atoms with E-state index in [0.717, 1.165) is 5.82 Å². The summed E-state index contributed by atoms with van der Waals surface area (Å²) in [6, 6.07) is 0. The molecular formula is C10H14N4O. The van der Waals surface area contributed by atoms with Gasteiger partial charge in [0.05, 0.1) is 0 Å². The van der Waals surface area contributed by atoms with Gasteiger partial charge in [-0.15, -0.1) is 10.2 Å². The van der Waals surface area contributed by atoms with Crippen LogP contribution < -0.4 is 0 Å². The minimum Gasteiger partial charge on any atom is -0.424 e. The third kappa shape index (κ3) is 2.06. The second kappa shape index (κ2) is 3.84. The average Bonchev–Trinajstić information content (AvgIpc) is 2.75. The third-order valence-electron chi connectivity index (χ3n) is 2.14. The number of hydrogen-bond donors (Lipinski definition) is 0. The van der Waals surface area contributed by atoms with Gasteiger partial charge in [-0.25, -0.2) is 4.98 Å². The van der Waals surface area contributed by atoms with Crippen LogP contribution in [0.25, 0.3) is 0 Å². The lowest BCUT2D eigenvalue weighted by Crippen LogP contribution is -2.06. The molecule has 5 heteroatoms. The zero-order valence-electron chi connectivity index (χ0n) is 9.14. The van der Waals surface area contributed by atoms with Gasteiger partial charge in [0.25, 0.3) is 0 Å². The minimum absolute atomic E-state index is 0.393. The van der Waals surface area contributed by atoms with Gasteiger partial charge in [0.2, 0.25) is 11.8 Å². The molecule has 0 unspecified atom stereocenters. The van der Waals surface area contributed by atoms with Crippen LogP contribution in [-0.2, 0) is 6.54 Å². The average molecular weight is 206 g/mol. The Kier molecular flexibility index (Phi) is 2.53. The summed E-state index contributed by atoms with van der Waals surface area (Å²) in [4.78, 5) is 4.29. The Balaban J connectivity index is 2.20. The van der Waals surface area contributed by atoms with Crippen molar-refractivity contribution < 1.29 is 4.42 Å². The normalized spacial score (nSPS) is 11.2. The lowest BCUT2D eigenvalue weighted by atomic mass is 10.2. The van der Waals surface area contributed by atoms with Crippen LogP contribution in [0.2, 0.25) is 0 Å². The molecule has 0 N–H and O–H groups in total. The van der Waals surface area contributed by atoms with E-state index < -0.39 is 0 Å². The summed E-state index contributed by atoms with van der Waals surface area (Å²) in [6.45, 7) is 6.60. The largest absolute Gasteiger partial charge is 0.424 e. The van der Waals surface area contributed by atoms with E-state index in [9.17, 15) is 0 Å². The molecule has 0 fully saturated rings. The van der Waals surface area contributed by atoms with E-state index in [1.807, 2.05) is 10.8 Å². The molecule has 0 saturated carbocycles. The molecule has 5 nitrogen and oxygen atoms in total. The molecule has 15 heavy (non-hydrogen) atoms. The molecule has 0 aromatic carbocycles. The van der Waals surface area contributed by atoms with Crippen molar-refractivity contribution in [2.45, 2.75) is 33.2 Å². The number of nitrogens with zero attached hydrogens (tertiary/aromatic N) is 4. The first kappa shape index (κ1) is 9.89. The molecule has 0 aliphatic heterocycles. The van der Waals surface area contributed by atoms with E-state index in [4.69, 9.17) is 4.42 Å². The fraction of sp³-hybridized carbons (Fsp3) is 0.500. The van der Waals surface area contributed by atoms with E-state index in [0.29, 0.717) is 24.2 Å². The van der Waals surface area contributed by atoms with Crippen LogP contribution in [0.1, 0.15) is 37.4 Å². The molecule has 2 aromatic rings. The van der Waals surface area contributed by atoms with Crippen LogP contribution in [-0.4, -0.2) is 19.7 Å². The summed E-state index contributed by atoms with van der Waals surface area (Å²) < 4.78 is 7.35. The smallest absolute Gasteiger partial charge is 0.236 e. The second-order valence-electron chi connectivity index (χ2n) is 3.78. The number of aromatic nitrogens is 4. The highest BCUT2D eigenvalue weighted by atomic mass is 16.4. The predicted octanol–water partition coefficient (Wildman–Crippen LogP) is 1.75. The van der Waals surface area contributed by atoms with Crippen LogP contribution in [0.4, 0.5) is 0 Å². The zero-order chi connectivity index (χ0) is 10.8. The number of hydrogen-bond acceptors (Lipinski definition) is 4. The van der Waals surface area contributed by atoms with Crippen LogP contribution in [0.3, 0.4) is 0 Å². The van der Waals surface area contributed by atoms with Gasteiger partial charge in [-0.1, -0.05) is 13.8 Å². The molecule has 0 atom stereocenters. The van der Waals surface area contributed by atoms with Gasteiger partial charge in [0, 0.05) is 25.2 Å². The SMILES string of the molecule is Cc1nnc(Cn2ccnc2C(C)C)o1. The number of aryl methyl sites for hydroxylation is 1. The summed E-state index contributed by atoms with van der Waals surface area (Å²) in [5.74, 6) is 2.64. The molecule has 80 valence electrons. The van der Waals surface area contributed by atoms with E-state index in [2.05, 4.69) is 29.0 Å². The van der Waals surface area contributed by atoms with Gasteiger partial charge >= 0.3 is 0 Å². The third-order valence-corrected chi connectivity index (χ3v) is 2.14. The van der Waals surface area contributed by atoms with Crippen LogP contribution in [0.15, 0.2) is 16.8 Å².